The van der Waals surface area contributed by atoms with Crippen molar-refractivity contribution in [1.29, 1.82) is 0 Å². The van der Waals surface area contributed by atoms with Gasteiger partial charge in [0.05, 0.1) is 22.6 Å². The maximum Gasteiger partial charge on any atom is 0.416 e. The van der Waals surface area contributed by atoms with E-state index >= 15 is 0 Å². The van der Waals surface area contributed by atoms with Gasteiger partial charge < -0.3 is 0 Å². The average molecular weight is 350 g/mol. The zero-order chi connectivity index (χ0) is 18.1. The van der Waals surface area contributed by atoms with Crippen molar-refractivity contribution in [3.05, 3.63) is 84.6 Å². The van der Waals surface area contributed by atoms with E-state index in [2.05, 4.69) is 9.97 Å². The van der Waals surface area contributed by atoms with E-state index in [0.29, 0.717) is 11.3 Å². The summed E-state index contributed by atoms with van der Waals surface area (Å²) in [7, 11) is 0. The first-order chi connectivity index (χ1) is 12.5. The maximum absolute atomic E-state index is 13.4. The van der Waals surface area contributed by atoms with E-state index in [1.165, 1.54) is 6.20 Å². The topological polar surface area (TPSA) is 25.8 Å². The van der Waals surface area contributed by atoms with Crippen LogP contribution in [0, 0.1) is 0 Å². The lowest BCUT2D eigenvalue weighted by molar-refractivity contribution is -0.137. The summed E-state index contributed by atoms with van der Waals surface area (Å²) in [4.78, 5) is 8.56. The van der Waals surface area contributed by atoms with Crippen molar-refractivity contribution >= 4 is 10.8 Å². The monoisotopic (exact) mass is 350 g/mol. The zero-order valence-electron chi connectivity index (χ0n) is 13.5. The van der Waals surface area contributed by atoms with Crippen LogP contribution in [0.15, 0.2) is 79.0 Å². The van der Waals surface area contributed by atoms with Crippen LogP contribution in [0.3, 0.4) is 0 Å². The maximum atomic E-state index is 13.4. The fourth-order valence-electron chi connectivity index (χ4n) is 2.84. The number of hydrogen-bond acceptors (Lipinski definition) is 2. The third-order valence-electron chi connectivity index (χ3n) is 4.13. The van der Waals surface area contributed by atoms with Crippen LogP contribution in [-0.2, 0) is 6.18 Å². The second-order valence-corrected chi connectivity index (χ2v) is 5.90. The molecule has 0 bridgehead atoms. The smallest absolute Gasteiger partial charge is 0.255 e. The molecule has 4 rings (SSSR count). The van der Waals surface area contributed by atoms with Crippen LogP contribution < -0.4 is 0 Å². The summed E-state index contributed by atoms with van der Waals surface area (Å²) >= 11 is 0. The fourth-order valence-corrected chi connectivity index (χ4v) is 2.84. The SMILES string of the molecule is FC(F)(F)c1cc(-c2ccc3ccccc3c2)nc(-c2ccccn2)c1. The predicted molar refractivity (Wildman–Crippen MR) is 95.4 cm³/mol. The van der Waals surface area contributed by atoms with Gasteiger partial charge in [-0.05, 0) is 41.1 Å². The number of pyridine rings is 2. The Balaban J connectivity index is 1.91. The average Bonchev–Trinajstić information content (AvgIpc) is 2.67. The molecule has 2 heterocycles. The van der Waals surface area contributed by atoms with Gasteiger partial charge in [-0.15, -0.1) is 0 Å². The molecule has 0 saturated carbocycles. The van der Waals surface area contributed by atoms with Gasteiger partial charge in [0.25, 0.3) is 0 Å². The van der Waals surface area contributed by atoms with Crippen molar-refractivity contribution in [2.45, 2.75) is 6.18 Å². The zero-order valence-corrected chi connectivity index (χ0v) is 13.5. The van der Waals surface area contributed by atoms with Crippen LogP contribution in [0.5, 0.6) is 0 Å². The van der Waals surface area contributed by atoms with Gasteiger partial charge in [0.15, 0.2) is 0 Å². The van der Waals surface area contributed by atoms with Gasteiger partial charge in [0, 0.05) is 11.8 Å². The molecule has 5 heteroatoms. The predicted octanol–water partition coefficient (Wildman–Crippen LogP) is 5.98. The van der Waals surface area contributed by atoms with Crippen LogP contribution in [-0.4, -0.2) is 9.97 Å². The van der Waals surface area contributed by atoms with Gasteiger partial charge in [0.1, 0.15) is 0 Å². The fraction of sp³-hybridized carbons (Fsp3) is 0.0476. The first-order valence-electron chi connectivity index (χ1n) is 8.00. The highest BCUT2D eigenvalue weighted by molar-refractivity contribution is 5.87. The van der Waals surface area contributed by atoms with Crippen molar-refractivity contribution in [3.8, 4) is 22.6 Å². The lowest BCUT2D eigenvalue weighted by atomic mass is 10.0. The van der Waals surface area contributed by atoms with Crippen molar-refractivity contribution in [3.63, 3.8) is 0 Å². The first kappa shape index (κ1) is 16.3. The molecule has 0 radical (unpaired) electrons. The molecule has 0 unspecified atom stereocenters. The quantitative estimate of drug-likeness (QED) is 0.444. The highest BCUT2D eigenvalue weighted by Crippen LogP contribution is 2.34. The summed E-state index contributed by atoms with van der Waals surface area (Å²) in [6, 6.07) is 20.4. The lowest BCUT2D eigenvalue weighted by Crippen LogP contribution is -2.06. The Kier molecular flexibility index (Phi) is 3.92. The van der Waals surface area contributed by atoms with Crippen LogP contribution in [0.2, 0.25) is 0 Å². The summed E-state index contributed by atoms with van der Waals surface area (Å²) < 4.78 is 40.2. The second-order valence-electron chi connectivity index (χ2n) is 5.90. The van der Waals surface area contributed by atoms with Gasteiger partial charge in [-0.3, -0.25) is 4.98 Å². The minimum atomic E-state index is -4.46. The molecule has 2 aromatic heterocycles. The third-order valence-corrected chi connectivity index (χ3v) is 4.13. The molecule has 2 aromatic carbocycles. The van der Waals surface area contributed by atoms with Crippen LogP contribution in [0.4, 0.5) is 13.2 Å². The Labute approximate surface area is 148 Å². The Hall–Kier alpha value is -3.21. The molecule has 0 atom stereocenters. The summed E-state index contributed by atoms with van der Waals surface area (Å²) in [5, 5.41) is 1.97. The molecule has 0 saturated heterocycles. The van der Waals surface area contributed by atoms with E-state index < -0.39 is 11.7 Å². The number of aromatic nitrogens is 2. The van der Waals surface area contributed by atoms with Crippen LogP contribution in [0.1, 0.15) is 5.56 Å². The highest BCUT2D eigenvalue weighted by Gasteiger charge is 2.32. The number of hydrogen-bond donors (Lipinski definition) is 0. The molecule has 26 heavy (non-hydrogen) atoms. The minimum Gasteiger partial charge on any atom is -0.255 e. The number of halogens is 3. The van der Waals surface area contributed by atoms with E-state index in [9.17, 15) is 13.2 Å². The van der Waals surface area contributed by atoms with Crippen molar-refractivity contribution in [2.24, 2.45) is 0 Å². The Morgan fingerprint density at radius 1 is 0.654 bits per heavy atom. The molecular weight excluding hydrogens is 337 g/mol. The first-order valence-corrected chi connectivity index (χ1v) is 8.00. The van der Waals surface area contributed by atoms with Gasteiger partial charge in [-0.25, -0.2) is 4.98 Å². The second kappa shape index (κ2) is 6.26. The molecule has 0 N–H and O–H groups in total. The summed E-state index contributed by atoms with van der Waals surface area (Å²) in [5.41, 5.74) is 0.763. The Morgan fingerprint density at radius 3 is 2.12 bits per heavy atom. The van der Waals surface area contributed by atoms with Gasteiger partial charge in [0.2, 0.25) is 0 Å². The van der Waals surface area contributed by atoms with Gasteiger partial charge in [-0.1, -0.05) is 42.5 Å². The molecule has 2 nitrogen and oxygen atoms in total. The minimum absolute atomic E-state index is 0.198. The van der Waals surface area contributed by atoms with Gasteiger partial charge >= 0.3 is 6.18 Å². The Morgan fingerprint density at radius 2 is 1.38 bits per heavy atom. The van der Waals surface area contributed by atoms with Crippen molar-refractivity contribution in [1.82, 2.24) is 9.97 Å². The van der Waals surface area contributed by atoms with E-state index in [1.807, 2.05) is 36.4 Å². The molecule has 0 fully saturated rings. The van der Waals surface area contributed by atoms with Crippen LogP contribution in [0.25, 0.3) is 33.4 Å². The van der Waals surface area contributed by atoms with Gasteiger partial charge in [-0.2, -0.15) is 13.2 Å². The van der Waals surface area contributed by atoms with E-state index in [4.69, 9.17) is 0 Å². The number of fused-ring (bicyclic) bond motifs is 1. The Bertz CT molecular complexity index is 1070. The molecule has 4 aromatic rings. The molecule has 0 aliphatic carbocycles. The molecule has 0 aliphatic rings. The van der Waals surface area contributed by atoms with E-state index in [0.717, 1.165) is 22.9 Å². The summed E-state index contributed by atoms with van der Waals surface area (Å²) in [6.45, 7) is 0. The summed E-state index contributed by atoms with van der Waals surface area (Å²) in [5.74, 6) is 0. The van der Waals surface area contributed by atoms with Crippen molar-refractivity contribution in [2.75, 3.05) is 0 Å². The lowest BCUT2D eigenvalue weighted by Gasteiger charge is -2.12. The largest absolute Gasteiger partial charge is 0.416 e. The molecule has 0 spiro atoms. The van der Waals surface area contributed by atoms with Crippen molar-refractivity contribution < 1.29 is 13.2 Å². The molecule has 128 valence electrons. The highest BCUT2D eigenvalue weighted by atomic mass is 19.4. The molecular formula is C21H13F3N2. The number of nitrogens with zero attached hydrogens (tertiary/aromatic N) is 2. The molecule has 0 aliphatic heterocycles. The number of alkyl halides is 3. The van der Waals surface area contributed by atoms with E-state index in [-0.39, 0.29) is 11.4 Å². The molecule has 0 amide bonds. The number of benzene rings is 2. The normalized spacial score (nSPS) is 11.7. The number of rotatable bonds is 2. The third kappa shape index (κ3) is 3.16. The summed E-state index contributed by atoms with van der Waals surface area (Å²) in [6.07, 6.45) is -2.93. The van der Waals surface area contributed by atoms with E-state index in [1.54, 1.807) is 24.3 Å². The van der Waals surface area contributed by atoms with Crippen LogP contribution >= 0.6 is 0 Å². The standard InChI is InChI=1S/C21H13F3N2/c22-21(23,24)17-12-19(26-20(13-17)18-7-3-4-10-25-18)16-9-8-14-5-1-2-6-15(14)11-16/h1-13H.